The van der Waals surface area contributed by atoms with Gasteiger partial charge >= 0.3 is 0 Å². The molecule has 7 rings (SSSR count). The number of fused-ring (bicyclic) bond motifs is 5. The van der Waals surface area contributed by atoms with E-state index in [0.717, 1.165) is 71.5 Å². The standard InChI is InChI=1S/C28H31FN8OS2/c1-14(19-10-15(29)13-36(19)2)37-26-18(12-32-37)27(39-3)34-25(33-26)22-16-6-4-8-28(23(16)38-35-22)9-5-7-20-21(28)17(11-30)24(31)40-20/h12,14-15,19H,4-10,13,31H2,1-3H3/t14-,15+,19-,28-/m0/s1. The fourth-order valence-corrected chi connectivity index (χ4v) is 9.07. The van der Waals surface area contributed by atoms with Gasteiger partial charge in [0, 0.05) is 23.0 Å². The molecule has 0 aromatic carbocycles. The minimum atomic E-state index is -0.833. The summed E-state index contributed by atoms with van der Waals surface area (Å²) in [4.78, 5) is 13.2. The summed E-state index contributed by atoms with van der Waals surface area (Å²) in [5.74, 6) is 1.35. The number of nitrogens with two attached hydrogens (primary N) is 1. The van der Waals surface area contributed by atoms with Crippen molar-refractivity contribution in [1.29, 1.82) is 5.26 Å². The quantitative estimate of drug-likeness (QED) is 0.254. The average Bonchev–Trinajstić information content (AvgIpc) is 3.72. The first-order chi connectivity index (χ1) is 19.4. The van der Waals surface area contributed by atoms with Crippen molar-refractivity contribution in [2.75, 3.05) is 25.6 Å². The van der Waals surface area contributed by atoms with Crippen molar-refractivity contribution in [3.8, 4) is 17.6 Å². The number of nitriles is 1. The van der Waals surface area contributed by atoms with Crippen LogP contribution in [0.25, 0.3) is 22.6 Å². The minimum Gasteiger partial charge on any atom is -0.389 e. The van der Waals surface area contributed by atoms with E-state index in [2.05, 4.69) is 23.0 Å². The van der Waals surface area contributed by atoms with Gasteiger partial charge in [0.05, 0.1) is 28.6 Å². The number of aromatic nitrogens is 5. The molecule has 208 valence electrons. The maximum atomic E-state index is 14.2. The number of hydrogen-bond acceptors (Lipinski definition) is 10. The summed E-state index contributed by atoms with van der Waals surface area (Å²) in [6, 6.07) is 2.35. The fourth-order valence-electron chi connectivity index (χ4n) is 7.37. The predicted molar refractivity (Wildman–Crippen MR) is 153 cm³/mol. The van der Waals surface area contributed by atoms with Crippen LogP contribution in [0.4, 0.5) is 9.39 Å². The molecule has 1 aliphatic heterocycles. The summed E-state index contributed by atoms with van der Waals surface area (Å²) in [6.07, 6.45) is 8.95. The Kier molecular flexibility index (Phi) is 6.18. The van der Waals surface area contributed by atoms with Crippen LogP contribution in [0.5, 0.6) is 0 Å². The minimum absolute atomic E-state index is 0.0294. The van der Waals surface area contributed by atoms with E-state index in [0.29, 0.717) is 35.0 Å². The van der Waals surface area contributed by atoms with E-state index < -0.39 is 11.6 Å². The van der Waals surface area contributed by atoms with Crippen LogP contribution >= 0.6 is 23.1 Å². The molecule has 4 aromatic heterocycles. The third-order valence-electron chi connectivity index (χ3n) is 9.18. The van der Waals surface area contributed by atoms with Gasteiger partial charge < -0.3 is 10.3 Å². The van der Waals surface area contributed by atoms with Crippen LogP contribution in [0.3, 0.4) is 0 Å². The van der Waals surface area contributed by atoms with E-state index in [9.17, 15) is 9.65 Å². The van der Waals surface area contributed by atoms with Crippen LogP contribution in [-0.4, -0.2) is 61.9 Å². The molecule has 3 aliphatic rings. The summed E-state index contributed by atoms with van der Waals surface area (Å²) >= 11 is 3.08. The van der Waals surface area contributed by atoms with Crippen molar-refractivity contribution in [2.24, 2.45) is 0 Å². The first kappa shape index (κ1) is 25.9. The molecule has 1 spiro atoms. The van der Waals surface area contributed by atoms with E-state index >= 15 is 0 Å². The SMILES string of the molecule is CSc1nc(-c2noc3c2CCC[C@@]32CCCc3sc(N)c(C#N)c32)nc2c1cnn2[C@@H](C)[C@@H]1C[C@@H](F)CN1C. The molecule has 0 saturated carbocycles. The molecular weight excluding hydrogens is 547 g/mol. The average molecular weight is 579 g/mol. The number of anilines is 1. The van der Waals surface area contributed by atoms with E-state index in [1.54, 1.807) is 11.8 Å². The van der Waals surface area contributed by atoms with Crippen LogP contribution in [0.2, 0.25) is 0 Å². The zero-order chi connectivity index (χ0) is 27.8. The van der Waals surface area contributed by atoms with Crippen molar-refractivity contribution in [1.82, 2.24) is 29.8 Å². The molecule has 0 radical (unpaired) electrons. The van der Waals surface area contributed by atoms with Crippen LogP contribution in [0.15, 0.2) is 15.7 Å². The molecule has 2 aliphatic carbocycles. The summed E-state index contributed by atoms with van der Waals surface area (Å²) in [6.45, 7) is 2.51. The van der Waals surface area contributed by atoms with Gasteiger partial charge in [-0.3, -0.25) is 4.90 Å². The Morgan fingerprint density at radius 1 is 1.30 bits per heavy atom. The van der Waals surface area contributed by atoms with Crippen LogP contribution in [0.1, 0.15) is 72.4 Å². The summed E-state index contributed by atoms with van der Waals surface area (Å²) in [5, 5.41) is 21.6. The van der Waals surface area contributed by atoms with Gasteiger partial charge in [-0.05, 0) is 70.7 Å². The van der Waals surface area contributed by atoms with E-state index in [4.69, 9.17) is 25.3 Å². The highest BCUT2D eigenvalue weighted by Gasteiger charge is 2.49. The number of nitrogens with zero attached hydrogens (tertiary/aromatic N) is 7. The maximum Gasteiger partial charge on any atom is 0.185 e. The highest BCUT2D eigenvalue weighted by Crippen LogP contribution is 2.55. The second-order valence-corrected chi connectivity index (χ2v) is 13.3. The highest BCUT2D eigenvalue weighted by molar-refractivity contribution is 7.98. The predicted octanol–water partition coefficient (Wildman–Crippen LogP) is 5.28. The van der Waals surface area contributed by atoms with Gasteiger partial charge in [-0.2, -0.15) is 10.4 Å². The summed E-state index contributed by atoms with van der Waals surface area (Å²) in [7, 11) is 1.97. The smallest absolute Gasteiger partial charge is 0.185 e. The third-order valence-corrected chi connectivity index (χ3v) is 11.0. The van der Waals surface area contributed by atoms with Crippen molar-refractivity contribution >= 4 is 39.1 Å². The number of nitrogen functional groups attached to an aromatic ring is 1. The number of halogens is 1. The fraction of sp³-hybridized carbons (Fsp3) is 0.536. The molecule has 5 heterocycles. The lowest BCUT2D eigenvalue weighted by Crippen LogP contribution is -2.35. The van der Waals surface area contributed by atoms with Crippen molar-refractivity contribution in [3.05, 3.63) is 33.5 Å². The van der Waals surface area contributed by atoms with Crippen molar-refractivity contribution in [2.45, 2.75) is 80.6 Å². The zero-order valence-corrected chi connectivity index (χ0v) is 24.4. The van der Waals surface area contributed by atoms with E-state index in [1.165, 1.54) is 16.2 Å². The topological polar surface area (TPSA) is 123 Å². The molecule has 0 bridgehead atoms. The number of thioether (sulfide) groups is 1. The van der Waals surface area contributed by atoms with Crippen molar-refractivity contribution in [3.63, 3.8) is 0 Å². The lowest BCUT2D eigenvalue weighted by atomic mass is 9.63. The van der Waals surface area contributed by atoms with Gasteiger partial charge in [-0.25, -0.2) is 19.0 Å². The number of alkyl halides is 1. The van der Waals surface area contributed by atoms with Gasteiger partial charge in [0.15, 0.2) is 22.9 Å². The number of likely N-dealkylation sites (N-methyl/N-ethyl adjacent to an activating group) is 1. The van der Waals surface area contributed by atoms with E-state index in [1.807, 2.05) is 24.2 Å². The Hall–Kier alpha value is -3.01. The van der Waals surface area contributed by atoms with Crippen LogP contribution in [-0.2, 0) is 18.3 Å². The Bertz CT molecular complexity index is 1670. The van der Waals surface area contributed by atoms with E-state index in [-0.39, 0.29) is 12.1 Å². The Labute approximate surface area is 239 Å². The molecule has 1 fully saturated rings. The van der Waals surface area contributed by atoms with Gasteiger partial charge in [-0.15, -0.1) is 23.1 Å². The monoisotopic (exact) mass is 578 g/mol. The molecule has 0 amide bonds. The molecular formula is C28H31FN8OS2. The van der Waals surface area contributed by atoms with Crippen molar-refractivity contribution < 1.29 is 8.91 Å². The number of aryl methyl sites for hydroxylation is 1. The van der Waals surface area contributed by atoms with Crippen LogP contribution < -0.4 is 5.73 Å². The molecule has 0 unspecified atom stereocenters. The number of thiophene rings is 1. The third kappa shape index (κ3) is 3.67. The summed E-state index contributed by atoms with van der Waals surface area (Å²) in [5.41, 5.74) is 9.95. The van der Waals surface area contributed by atoms with Gasteiger partial charge in [0.2, 0.25) is 0 Å². The number of likely N-dealkylation sites (tertiary alicyclic amines) is 1. The van der Waals surface area contributed by atoms with Gasteiger partial charge in [0.25, 0.3) is 0 Å². The first-order valence-corrected chi connectivity index (χ1v) is 15.8. The van der Waals surface area contributed by atoms with Gasteiger partial charge in [0.1, 0.15) is 22.3 Å². The second-order valence-electron chi connectivity index (χ2n) is 11.3. The van der Waals surface area contributed by atoms with Crippen LogP contribution in [0, 0.1) is 11.3 Å². The Morgan fingerprint density at radius 2 is 2.10 bits per heavy atom. The lowest BCUT2D eigenvalue weighted by molar-refractivity contribution is 0.231. The molecule has 4 atom stereocenters. The molecule has 12 heteroatoms. The molecule has 4 aromatic rings. The Balaban J connectivity index is 1.36. The molecule has 40 heavy (non-hydrogen) atoms. The molecule has 9 nitrogen and oxygen atoms in total. The summed E-state index contributed by atoms with van der Waals surface area (Å²) < 4.78 is 22.3. The lowest BCUT2D eigenvalue weighted by Gasteiger charge is -2.39. The molecule has 1 saturated heterocycles. The Morgan fingerprint density at radius 3 is 2.83 bits per heavy atom. The highest BCUT2D eigenvalue weighted by atomic mass is 32.2. The largest absolute Gasteiger partial charge is 0.389 e. The first-order valence-electron chi connectivity index (χ1n) is 13.8. The normalized spacial score (nSPS) is 25.3. The number of rotatable bonds is 4. The second kappa shape index (κ2) is 9.53. The number of hydrogen-bond donors (Lipinski definition) is 1. The molecule has 2 N–H and O–H groups in total. The maximum absolute atomic E-state index is 14.2. The van der Waals surface area contributed by atoms with Gasteiger partial charge in [-0.1, -0.05) is 5.16 Å². The zero-order valence-electron chi connectivity index (χ0n) is 22.8.